The summed E-state index contributed by atoms with van der Waals surface area (Å²) in [6, 6.07) is 11.6. The predicted octanol–water partition coefficient (Wildman–Crippen LogP) is 4.17. The fourth-order valence-corrected chi connectivity index (χ4v) is 3.13. The van der Waals surface area contributed by atoms with Crippen molar-refractivity contribution in [2.45, 2.75) is 24.8 Å². The van der Waals surface area contributed by atoms with Crippen LogP contribution in [0, 0.1) is 0 Å². The Morgan fingerprint density at radius 3 is 2.62 bits per heavy atom. The number of halogens is 2. The van der Waals surface area contributed by atoms with Crippen molar-refractivity contribution in [3.63, 3.8) is 0 Å². The fraction of sp³-hybridized carbons (Fsp3) is 0.250. The second-order valence-electron chi connectivity index (χ2n) is 5.15. The largest absolute Gasteiger partial charge is 0.347 e. The van der Waals surface area contributed by atoms with E-state index in [4.69, 9.17) is 11.6 Å². The minimum Gasteiger partial charge on any atom is -0.347 e. The molecule has 21 heavy (non-hydrogen) atoms. The van der Waals surface area contributed by atoms with Crippen LogP contribution in [0.2, 0.25) is 5.02 Å². The van der Waals surface area contributed by atoms with E-state index in [-0.39, 0.29) is 11.9 Å². The first-order chi connectivity index (χ1) is 10.1. The van der Waals surface area contributed by atoms with Crippen LogP contribution in [0.3, 0.4) is 0 Å². The third kappa shape index (κ3) is 3.11. The lowest BCUT2D eigenvalue weighted by Gasteiger charge is -2.37. The molecule has 0 unspecified atom stereocenters. The number of hydrogen-bond acceptors (Lipinski definition) is 2. The maximum absolute atomic E-state index is 12.3. The average Bonchev–Trinajstić information content (AvgIpc) is 2.46. The van der Waals surface area contributed by atoms with E-state index in [1.54, 1.807) is 12.3 Å². The van der Waals surface area contributed by atoms with Crippen LogP contribution in [0.4, 0.5) is 0 Å². The van der Waals surface area contributed by atoms with Gasteiger partial charge in [0.25, 0.3) is 5.91 Å². The van der Waals surface area contributed by atoms with Gasteiger partial charge in [0.1, 0.15) is 5.69 Å². The lowest BCUT2D eigenvalue weighted by atomic mass is 9.75. The molecule has 1 heterocycles. The van der Waals surface area contributed by atoms with Gasteiger partial charge in [-0.1, -0.05) is 23.7 Å². The molecule has 2 atom stereocenters. The fourth-order valence-electron chi connectivity index (χ4n) is 2.57. The normalized spacial score (nSPS) is 20.7. The Morgan fingerprint density at radius 2 is 2.00 bits per heavy atom. The third-order valence-corrected chi connectivity index (χ3v) is 4.75. The second kappa shape index (κ2) is 6.16. The number of carbonyl (C=O) groups is 1. The number of nitrogens with zero attached hydrogens (tertiary/aromatic N) is 1. The highest BCUT2D eigenvalue weighted by molar-refractivity contribution is 9.10. The van der Waals surface area contributed by atoms with Crippen LogP contribution in [0.25, 0.3) is 0 Å². The topological polar surface area (TPSA) is 42.0 Å². The average molecular weight is 366 g/mol. The molecule has 0 aliphatic heterocycles. The molecule has 1 N–H and O–H groups in total. The maximum atomic E-state index is 12.3. The Labute approximate surface area is 136 Å². The zero-order valence-electron chi connectivity index (χ0n) is 11.2. The molecule has 3 nitrogen and oxygen atoms in total. The molecule has 3 rings (SSSR count). The van der Waals surface area contributed by atoms with Crippen LogP contribution in [0.15, 0.2) is 47.1 Å². The van der Waals surface area contributed by atoms with E-state index < -0.39 is 0 Å². The van der Waals surface area contributed by atoms with Gasteiger partial charge >= 0.3 is 0 Å². The van der Waals surface area contributed by atoms with E-state index in [2.05, 4.69) is 26.2 Å². The second-order valence-corrected chi connectivity index (χ2v) is 6.44. The van der Waals surface area contributed by atoms with Crippen LogP contribution >= 0.6 is 27.5 Å². The minimum atomic E-state index is -0.133. The number of amides is 1. The van der Waals surface area contributed by atoms with E-state index in [0.717, 1.165) is 17.9 Å². The van der Waals surface area contributed by atoms with Crippen molar-refractivity contribution in [3.05, 3.63) is 63.3 Å². The Kier molecular flexibility index (Phi) is 4.27. The number of nitrogens with one attached hydrogen (secondary N) is 1. The molecule has 1 fully saturated rings. The molecule has 1 saturated carbocycles. The van der Waals surface area contributed by atoms with Crippen LogP contribution in [-0.4, -0.2) is 16.9 Å². The highest BCUT2D eigenvalue weighted by Crippen LogP contribution is 2.37. The molecule has 0 bridgehead atoms. The predicted molar refractivity (Wildman–Crippen MR) is 86.6 cm³/mol. The zero-order valence-corrected chi connectivity index (χ0v) is 13.6. The zero-order chi connectivity index (χ0) is 14.8. The van der Waals surface area contributed by atoms with Gasteiger partial charge in [0.2, 0.25) is 0 Å². The first kappa shape index (κ1) is 14.5. The lowest BCUT2D eigenvalue weighted by Crippen LogP contribution is -2.45. The summed E-state index contributed by atoms with van der Waals surface area (Å²) in [5, 5.41) is 3.80. The van der Waals surface area contributed by atoms with Gasteiger partial charge in [-0.15, -0.1) is 0 Å². The summed E-state index contributed by atoms with van der Waals surface area (Å²) in [4.78, 5) is 16.4. The van der Waals surface area contributed by atoms with Crippen molar-refractivity contribution in [3.8, 4) is 0 Å². The minimum absolute atomic E-state index is 0.133. The lowest BCUT2D eigenvalue weighted by molar-refractivity contribution is 0.0898. The molecular weight excluding hydrogens is 352 g/mol. The molecule has 2 aromatic rings. The quantitative estimate of drug-likeness (QED) is 0.887. The third-order valence-electron chi connectivity index (χ3n) is 3.86. The Bertz CT molecular complexity index is 660. The molecule has 0 saturated heterocycles. The van der Waals surface area contributed by atoms with Crippen molar-refractivity contribution in [2.75, 3.05) is 0 Å². The number of hydrogen-bond donors (Lipinski definition) is 1. The molecule has 1 aromatic heterocycles. The summed E-state index contributed by atoms with van der Waals surface area (Å²) in [5.41, 5.74) is 1.65. The number of aromatic nitrogens is 1. The summed E-state index contributed by atoms with van der Waals surface area (Å²) < 4.78 is 0.713. The molecule has 1 aliphatic carbocycles. The SMILES string of the molecule is O=C(N[C@H]1CC[C@H]1c1ccc(Cl)cc1)c1ncccc1Br. The van der Waals surface area contributed by atoms with E-state index >= 15 is 0 Å². The summed E-state index contributed by atoms with van der Waals surface area (Å²) in [7, 11) is 0. The molecule has 0 radical (unpaired) electrons. The molecule has 1 amide bonds. The van der Waals surface area contributed by atoms with Gasteiger partial charge in [0.15, 0.2) is 0 Å². The number of benzene rings is 1. The van der Waals surface area contributed by atoms with Crippen molar-refractivity contribution in [1.82, 2.24) is 10.3 Å². The van der Waals surface area contributed by atoms with Crippen LogP contribution < -0.4 is 5.32 Å². The van der Waals surface area contributed by atoms with Crippen molar-refractivity contribution in [1.29, 1.82) is 0 Å². The Hall–Kier alpha value is -1.39. The van der Waals surface area contributed by atoms with Crippen molar-refractivity contribution >= 4 is 33.4 Å². The standard InChI is InChI=1S/C16H14BrClN2O/c17-13-2-1-9-19-15(13)16(21)20-14-8-7-12(14)10-3-5-11(18)6-4-10/h1-6,9,12,14H,7-8H2,(H,20,21)/t12-,14-/m0/s1. The number of pyridine rings is 1. The van der Waals surface area contributed by atoms with Crippen LogP contribution in [0.1, 0.15) is 34.8 Å². The molecular formula is C16H14BrClN2O. The van der Waals surface area contributed by atoms with Gasteiger partial charge in [-0.25, -0.2) is 4.98 Å². The van der Waals surface area contributed by atoms with E-state index in [1.165, 1.54) is 5.56 Å². The Balaban J connectivity index is 1.70. The van der Waals surface area contributed by atoms with E-state index in [9.17, 15) is 4.79 Å². The highest BCUT2D eigenvalue weighted by Gasteiger charge is 2.33. The van der Waals surface area contributed by atoms with Crippen LogP contribution in [-0.2, 0) is 0 Å². The van der Waals surface area contributed by atoms with Gasteiger partial charge in [-0.2, -0.15) is 0 Å². The summed E-state index contributed by atoms with van der Waals surface area (Å²) in [6.45, 7) is 0. The number of carbonyl (C=O) groups excluding carboxylic acids is 1. The van der Waals surface area contributed by atoms with Gasteiger partial charge < -0.3 is 5.32 Å². The van der Waals surface area contributed by atoms with Gasteiger partial charge in [0.05, 0.1) is 0 Å². The monoisotopic (exact) mass is 364 g/mol. The molecule has 0 spiro atoms. The number of rotatable bonds is 3. The first-order valence-corrected chi connectivity index (χ1v) is 7.99. The van der Waals surface area contributed by atoms with Gasteiger partial charge in [-0.3, -0.25) is 4.79 Å². The van der Waals surface area contributed by atoms with E-state index in [1.807, 2.05) is 30.3 Å². The Morgan fingerprint density at radius 1 is 1.24 bits per heavy atom. The highest BCUT2D eigenvalue weighted by atomic mass is 79.9. The van der Waals surface area contributed by atoms with Crippen molar-refractivity contribution < 1.29 is 4.79 Å². The van der Waals surface area contributed by atoms with Crippen LogP contribution in [0.5, 0.6) is 0 Å². The van der Waals surface area contributed by atoms with E-state index in [0.29, 0.717) is 16.1 Å². The molecule has 1 aliphatic rings. The van der Waals surface area contributed by atoms with Gasteiger partial charge in [0, 0.05) is 27.7 Å². The summed E-state index contributed by atoms with van der Waals surface area (Å²) >= 11 is 9.27. The molecule has 108 valence electrons. The first-order valence-electron chi connectivity index (χ1n) is 6.82. The summed E-state index contributed by atoms with van der Waals surface area (Å²) in [5.74, 6) is 0.222. The smallest absolute Gasteiger partial charge is 0.271 e. The van der Waals surface area contributed by atoms with Crippen molar-refractivity contribution in [2.24, 2.45) is 0 Å². The van der Waals surface area contributed by atoms with Gasteiger partial charge in [-0.05, 0) is 58.6 Å². The molecule has 1 aromatic carbocycles. The summed E-state index contributed by atoms with van der Waals surface area (Å²) in [6.07, 6.45) is 3.69. The molecule has 5 heteroatoms. The maximum Gasteiger partial charge on any atom is 0.271 e.